The summed E-state index contributed by atoms with van der Waals surface area (Å²) in [5.74, 6) is 0.691. The summed E-state index contributed by atoms with van der Waals surface area (Å²) in [6, 6.07) is 12.5. The summed E-state index contributed by atoms with van der Waals surface area (Å²) in [5.41, 5.74) is 4.86. The van der Waals surface area contributed by atoms with Crippen LogP contribution in [0.25, 0.3) is 0 Å². The van der Waals surface area contributed by atoms with Gasteiger partial charge in [0, 0.05) is 11.7 Å². The molecule has 0 spiro atoms. The summed E-state index contributed by atoms with van der Waals surface area (Å²) in [5, 5.41) is 4.09. The van der Waals surface area contributed by atoms with Crippen molar-refractivity contribution in [2.75, 3.05) is 12.4 Å². The zero-order valence-corrected chi connectivity index (χ0v) is 13.1. The Morgan fingerprint density at radius 3 is 2.45 bits per heavy atom. The molecule has 2 aromatic carbocycles. The van der Waals surface area contributed by atoms with Gasteiger partial charge in [-0.25, -0.2) is 0 Å². The Hall–Kier alpha value is -1.67. The summed E-state index contributed by atoms with van der Waals surface area (Å²) in [4.78, 5) is 0. The van der Waals surface area contributed by atoms with Gasteiger partial charge >= 0.3 is 0 Å². The van der Waals surface area contributed by atoms with E-state index in [0.717, 1.165) is 5.69 Å². The van der Waals surface area contributed by atoms with Crippen LogP contribution in [0.2, 0.25) is 5.02 Å². The highest BCUT2D eigenvalue weighted by Crippen LogP contribution is 2.29. The maximum atomic E-state index is 6.15. The highest BCUT2D eigenvalue weighted by Gasteiger charge is 2.09. The van der Waals surface area contributed by atoms with Crippen LogP contribution in [0.4, 0.5) is 5.69 Å². The van der Waals surface area contributed by atoms with Crippen molar-refractivity contribution in [3.8, 4) is 5.75 Å². The number of anilines is 1. The monoisotopic (exact) mass is 289 g/mol. The second kappa shape index (κ2) is 6.19. The van der Waals surface area contributed by atoms with Crippen molar-refractivity contribution in [1.29, 1.82) is 0 Å². The molecule has 0 aliphatic carbocycles. The van der Waals surface area contributed by atoms with E-state index in [1.807, 2.05) is 18.2 Å². The average Bonchev–Trinajstić information content (AvgIpc) is 2.38. The average molecular weight is 290 g/mol. The molecular weight excluding hydrogens is 270 g/mol. The highest BCUT2D eigenvalue weighted by molar-refractivity contribution is 6.32. The van der Waals surface area contributed by atoms with Gasteiger partial charge in [-0.3, -0.25) is 0 Å². The number of halogens is 1. The molecule has 0 heterocycles. The van der Waals surface area contributed by atoms with E-state index in [2.05, 4.69) is 44.3 Å². The second-order valence-corrected chi connectivity index (χ2v) is 5.48. The molecule has 0 bridgehead atoms. The highest BCUT2D eigenvalue weighted by atomic mass is 35.5. The third-order valence-corrected chi connectivity index (χ3v) is 3.72. The lowest BCUT2D eigenvalue weighted by Gasteiger charge is -2.19. The van der Waals surface area contributed by atoms with E-state index in [4.69, 9.17) is 16.3 Å². The van der Waals surface area contributed by atoms with Crippen LogP contribution in [0.3, 0.4) is 0 Å². The third kappa shape index (κ3) is 3.26. The molecule has 1 N–H and O–H groups in total. The van der Waals surface area contributed by atoms with Crippen molar-refractivity contribution in [3.05, 3.63) is 58.1 Å². The summed E-state index contributed by atoms with van der Waals surface area (Å²) >= 11 is 6.15. The fourth-order valence-electron chi connectivity index (χ4n) is 2.40. The molecule has 0 amide bonds. The van der Waals surface area contributed by atoms with Gasteiger partial charge in [-0.15, -0.1) is 0 Å². The fourth-order valence-corrected chi connectivity index (χ4v) is 2.65. The third-order valence-electron chi connectivity index (χ3n) is 3.43. The van der Waals surface area contributed by atoms with Crippen LogP contribution in [0.15, 0.2) is 36.4 Å². The lowest BCUT2D eigenvalue weighted by molar-refractivity contribution is 0.415. The summed E-state index contributed by atoms with van der Waals surface area (Å²) in [7, 11) is 1.62. The van der Waals surface area contributed by atoms with E-state index >= 15 is 0 Å². The van der Waals surface area contributed by atoms with Crippen molar-refractivity contribution >= 4 is 17.3 Å². The first-order chi connectivity index (χ1) is 9.51. The second-order valence-electron chi connectivity index (χ2n) is 5.08. The normalized spacial score (nSPS) is 12.1. The molecule has 0 aromatic heterocycles. The SMILES string of the molecule is COc1ccc(NC(C)c2ccc(C)cc2C)cc1Cl. The first-order valence-corrected chi connectivity index (χ1v) is 7.06. The van der Waals surface area contributed by atoms with Gasteiger partial charge in [0.15, 0.2) is 0 Å². The van der Waals surface area contributed by atoms with Crippen molar-refractivity contribution in [2.45, 2.75) is 26.8 Å². The van der Waals surface area contributed by atoms with E-state index < -0.39 is 0 Å². The molecule has 0 fully saturated rings. The number of hydrogen-bond donors (Lipinski definition) is 1. The van der Waals surface area contributed by atoms with Gasteiger partial charge in [-0.1, -0.05) is 35.4 Å². The molecule has 0 saturated heterocycles. The maximum Gasteiger partial charge on any atom is 0.137 e. The van der Waals surface area contributed by atoms with Crippen LogP contribution in [0.5, 0.6) is 5.75 Å². The predicted molar refractivity (Wildman–Crippen MR) is 86.0 cm³/mol. The molecule has 1 unspecified atom stereocenters. The Labute approximate surface area is 125 Å². The van der Waals surface area contributed by atoms with E-state index in [-0.39, 0.29) is 6.04 Å². The number of hydrogen-bond acceptors (Lipinski definition) is 2. The van der Waals surface area contributed by atoms with E-state index in [1.54, 1.807) is 7.11 Å². The minimum absolute atomic E-state index is 0.222. The molecule has 0 aliphatic heterocycles. The van der Waals surface area contributed by atoms with Crippen LogP contribution in [0, 0.1) is 13.8 Å². The topological polar surface area (TPSA) is 21.3 Å². The molecule has 1 atom stereocenters. The van der Waals surface area contributed by atoms with Gasteiger partial charge in [0.25, 0.3) is 0 Å². The minimum Gasteiger partial charge on any atom is -0.495 e. The molecular formula is C17H20ClNO. The fraction of sp³-hybridized carbons (Fsp3) is 0.294. The Balaban J connectivity index is 2.18. The quantitative estimate of drug-likeness (QED) is 0.841. The first-order valence-electron chi connectivity index (χ1n) is 6.68. The first kappa shape index (κ1) is 14.7. The summed E-state index contributed by atoms with van der Waals surface area (Å²) < 4.78 is 5.16. The van der Waals surface area contributed by atoms with Crippen LogP contribution >= 0.6 is 11.6 Å². The zero-order valence-electron chi connectivity index (χ0n) is 12.3. The molecule has 2 nitrogen and oxygen atoms in total. The van der Waals surface area contributed by atoms with Gasteiger partial charge in [0.1, 0.15) is 5.75 Å². The molecule has 20 heavy (non-hydrogen) atoms. The van der Waals surface area contributed by atoms with Crippen molar-refractivity contribution in [3.63, 3.8) is 0 Å². The van der Waals surface area contributed by atoms with Crippen LogP contribution in [-0.4, -0.2) is 7.11 Å². The van der Waals surface area contributed by atoms with Gasteiger partial charge < -0.3 is 10.1 Å². The Kier molecular flexibility index (Phi) is 4.56. The van der Waals surface area contributed by atoms with E-state index in [9.17, 15) is 0 Å². The molecule has 0 saturated carbocycles. The van der Waals surface area contributed by atoms with Crippen LogP contribution in [-0.2, 0) is 0 Å². The van der Waals surface area contributed by atoms with Crippen molar-refractivity contribution < 1.29 is 4.74 Å². The van der Waals surface area contributed by atoms with Crippen molar-refractivity contribution in [2.24, 2.45) is 0 Å². The van der Waals surface area contributed by atoms with Crippen LogP contribution in [0.1, 0.15) is 29.7 Å². The minimum atomic E-state index is 0.222. The smallest absolute Gasteiger partial charge is 0.137 e. The van der Waals surface area contributed by atoms with E-state index in [0.29, 0.717) is 10.8 Å². The molecule has 106 valence electrons. The van der Waals surface area contributed by atoms with Gasteiger partial charge in [-0.2, -0.15) is 0 Å². The number of nitrogens with one attached hydrogen (secondary N) is 1. The number of methoxy groups -OCH3 is 1. The summed E-state index contributed by atoms with van der Waals surface area (Å²) in [6.07, 6.45) is 0. The molecule has 0 aliphatic rings. The lowest BCUT2D eigenvalue weighted by Crippen LogP contribution is -2.08. The Bertz CT molecular complexity index is 610. The predicted octanol–water partition coefficient (Wildman–Crippen LogP) is 5.14. The number of benzene rings is 2. The number of rotatable bonds is 4. The Morgan fingerprint density at radius 1 is 1.10 bits per heavy atom. The van der Waals surface area contributed by atoms with Gasteiger partial charge in [0.05, 0.1) is 12.1 Å². The van der Waals surface area contributed by atoms with E-state index in [1.165, 1.54) is 16.7 Å². The Morgan fingerprint density at radius 2 is 1.85 bits per heavy atom. The molecule has 2 aromatic rings. The largest absolute Gasteiger partial charge is 0.495 e. The number of aryl methyl sites for hydroxylation is 2. The standard InChI is InChI=1S/C17H20ClNO/c1-11-5-7-15(12(2)9-11)13(3)19-14-6-8-17(20-4)16(18)10-14/h5-10,13,19H,1-4H3. The molecule has 2 rings (SSSR count). The van der Waals surface area contributed by atoms with Gasteiger partial charge in [0.2, 0.25) is 0 Å². The lowest BCUT2D eigenvalue weighted by atomic mass is 10.00. The number of ether oxygens (including phenoxy) is 1. The zero-order chi connectivity index (χ0) is 14.7. The maximum absolute atomic E-state index is 6.15. The van der Waals surface area contributed by atoms with Crippen molar-refractivity contribution in [1.82, 2.24) is 0 Å². The molecule has 3 heteroatoms. The van der Waals surface area contributed by atoms with Crippen LogP contribution < -0.4 is 10.1 Å². The summed E-state index contributed by atoms with van der Waals surface area (Å²) in [6.45, 7) is 6.40. The van der Waals surface area contributed by atoms with Gasteiger partial charge in [-0.05, 0) is 50.1 Å². The molecule has 0 radical (unpaired) electrons.